The molecule has 1 saturated heterocycles. The highest BCUT2D eigenvalue weighted by molar-refractivity contribution is 5.80. The number of likely N-dealkylation sites (tertiary alicyclic amines) is 1. The number of benzene rings is 1. The first kappa shape index (κ1) is 15.2. The molecule has 5 rings (SSSR count). The topological polar surface area (TPSA) is 69.6 Å². The lowest BCUT2D eigenvalue weighted by Crippen LogP contribution is -2.42. The molecular formula is C20H24N2O3. The van der Waals surface area contributed by atoms with Gasteiger partial charge in [-0.15, -0.1) is 0 Å². The smallest absolute Gasteiger partial charge is 0.317 e. The van der Waals surface area contributed by atoms with Gasteiger partial charge in [0, 0.05) is 19.6 Å². The number of fused-ring (bicyclic) bond motifs is 4. The van der Waals surface area contributed by atoms with Crippen molar-refractivity contribution in [3.05, 3.63) is 35.4 Å². The summed E-state index contributed by atoms with van der Waals surface area (Å²) in [6.07, 6.45) is 3.74. The summed E-state index contributed by atoms with van der Waals surface area (Å²) in [6, 6.07) is 8.56. The molecular weight excluding hydrogens is 316 g/mol. The molecule has 0 bridgehead atoms. The van der Waals surface area contributed by atoms with Crippen LogP contribution in [0.4, 0.5) is 4.79 Å². The maximum Gasteiger partial charge on any atom is 0.317 e. The van der Waals surface area contributed by atoms with E-state index in [1.165, 1.54) is 11.1 Å². The molecule has 2 amide bonds. The van der Waals surface area contributed by atoms with Gasteiger partial charge in [0.05, 0.1) is 5.41 Å². The minimum Gasteiger partial charge on any atom is -0.481 e. The Kier molecular flexibility index (Phi) is 3.19. The Labute approximate surface area is 147 Å². The Morgan fingerprint density at radius 2 is 2.16 bits per heavy atom. The lowest BCUT2D eigenvalue weighted by molar-refractivity contribution is -0.149. The van der Waals surface area contributed by atoms with E-state index in [1.807, 2.05) is 0 Å². The first-order chi connectivity index (χ1) is 12.1. The summed E-state index contributed by atoms with van der Waals surface area (Å²) < 4.78 is 0. The molecule has 2 saturated carbocycles. The van der Waals surface area contributed by atoms with E-state index in [0.29, 0.717) is 43.8 Å². The highest BCUT2D eigenvalue weighted by atomic mass is 16.4. The van der Waals surface area contributed by atoms with Crippen LogP contribution in [0.2, 0.25) is 0 Å². The zero-order chi connectivity index (χ0) is 17.2. The van der Waals surface area contributed by atoms with Crippen LogP contribution >= 0.6 is 0 Å². The monoisotopic (exact) mass is 340 g/mol. The van der Waals surface area contributed by atoms with Gasteiger partial charge in [-0.1, -0.05) is 30.7 Å². The number of amides is 2. The molecule has 5 nitrogen and oxygen atoms in total. The van der Waals surface area contributed by atoms with Crippen molar-refractivity contribution in [2.45, 2.75) is 31.6 Å². The standard InChI is InChI=1S/C20H24N2O3/c23-18(24)20-7-3-5-13(20)10-22(11-20)19(25)21-9-16-15-8-12-4-1-2-6-14(12)17(15)16/h1-2,4,6,13,15-17H,3,5,7-11H2,(H,21,25)(H,23,24)/t13-,15?,16?,17?,20+/m0/s1. The minimum atomic E-state index is -0.723. The van der Waals surface area contributed by atoms with Crippen LogP contribution in [0.3, 0.4) is 0 Å². The van der Waals surface area contributed by atoms with Gasteiger partial charge in [0.15, 0.2) is 0 Å². The number of nitrogens with one attached hydrogen (secondary N) is 1. The molecule has 25 heavy (non-hydrogen) atoms. The number of rotatable bonds is 3. The summed E-state index contributed by atoms with van der Waals surface area (Å²) in [4.78, 5) is 26.0. The highest BCUT2D eigenvalue weighted by Gasteiger charge is 2.57. The minimum absolute atomic E-state index is 0.0757. The second-order valence-corrected chi connectivity index (χ2v) is 8.37. The van der Waals surface area contributed by atoms with Gasteiger partial charge >= 0.3 is 12.0 Å². The number of nitrogens with zero attached hydrogens (tertiary/aromatic N) is 1. The summed E-state index contributed by atoms with van der Waals surface area (Å²) in [5, 5.41) is 12.7. The van der Waals surface area contributed by atoms with Crippen LogP contribution in [0.25, 0.3) is 0 Å². The molecule has 1 heterocycles. The maximum atomic E-state index is 12.6. The zero-order valence-corrected chi connectivity index (χ0v) is 14.3. The Hall–Kier alpha value is -2.04. The second kappa shape index (κ2) is 5.23. The van der Waals surface area contributed by atoms with Crippen molar-refractivity contribution in [1.29, 1.82) is 0 Å². The second-order valence-electron chi connectivity index (χ2n) is 8.37. The molecule has 3 fully saturated rings. The van der Waals surface area contributed by atoms with Gasteiger partial charge in [0.25, 0.3) is 0 Å². The third-order valence-electron chi connectivity index (χ3n) is 7.27. The number of carbonyl (C=O) groups excluding carboxylic acids is 1. The predicted molar refractivity (Wildman–Crippen MR) is 92.2 cm³/mol. The molecule has 3 aliphatic carbocycles. The lowest BCUT2D eigenvalue weighted by atomic mass is 9.81. The van der Waals surface area contributed by atoms with E-state index >= 15 is 0 Å². The average Bonchev–Trinajstić information content (AvgIpc) is 2.96. The van der Waals surface area contributed by atoms with Crippen LogP contribution in [-0.2, 0) is 11.2 Å². The quantitative estimate of drug-likeness (QED) is 0.888. The number of carboxylic acids is 1. The molecule has 5 heteroatoms. The number of aliphatic carboxylic acids is 1. The van der Waals surface area contributed by atoms with Crippen LogP contribution in [0.15, 0.2) is 24.3 Å². The van der Waals surface area contributed by atoms with Crippen molar-refractivity contribution in [1.82, 2.24) is 10.2 Å². The summed E-state index contributed by atoms with van der Waals surface area (Å²) in [7, 11) is 0. The molecule has 0 aromatic heterocycles. The van der Waals surface area contributed by atoms with E-state index in [9.17, 15) is 14.7 Å². The van der Waals surface area contributed by atoms with Crippen LogP contribution in [-0.4, -0.2) is 41.6 Å². The van der Waals surface area contributed by atoms with E-state index in [4.69, 9.17) is 0 Å². The third kappa shape index (κ3) is 2.14. The summed E-state index contributed by atoms with van der Waals surface area (Å²) in [6.45, 7) is 1.68. The molecule has 0 spiro atoms. The van der Waals surface area contributed by atoms with E-state index in [1.54, 1.807) is 4.90 Å². The molecule has 2 N–H and O–H groups in total. The zero-order valence-electron chi connectivity index (χ0n) is 14.3. The van der Waals surface area contributed by atoms with Gasteiger partial charge in [0.2, 0.25) is 0 Å². The van der Waals surface area contributed by atoms with Crippen LogP contribution in [0.1, 0.15) is 36.3 Å². The molecule has 1 aromatic carbocycles. The molecule has 4 aliphatic rings. The van der Waals surface area contributed by atoms with E-state index in [-0.39, 0.29) is 11.9 Å². The van der Waals surface area contributed by atoms with Crippen LogP contribution < -0.4 is 5.32 Å². The summed E-state index contributed by atoms with van der Waals surface area (Å²) in [5.41, 5.74) is 2.25. The van der Waals surface area contributed by atoms with E-state index in [0.717, 1.165) is 19.3 Å². The molecule has 3 unspecified atom stereocenters. The van der Waals surface area contributed by atoms with Crippen molar-refractivity contribution in [2.75, 3.05) is 19.6 Å². The third-order valence-corrected chi connectivity index (χ3v) is 7.27. The Bertz CT molecular complexity index is 748. The number of urea groups is 1. The van der Waals surface area contributed by atoms with Gasteiger partial charge in [-0.2, -0.15) is 0 Å². The van der Waals surface area contributed by atoms with Crippen molar-refractivity contribution < 1.29 is 14.7 Å². The van der Waals surface area contributed by atoms with Crippen LogP contribution in [0, 0.1) is 23.2 Å². The summed E-state index contributed by atoms with van der Waals surface area (Å²) >= 11 is 0. The van der Waals surface area contributed by atoms with Crippen LogP contribution in [0.5, 0.6) is 0 Å². The number of hydrogen-bond acceptors (Lipinski definition) is 2. The predicted octanol–water partition coefficient (Wildman–Crippen LogP) is 2.47. The molecule has 132 valence electrons. The summed E-state index contributed by atoms with van der Waals surface area (Å²) in [5.74, 6) is 1.25. The number of carbonyl (C=O) groups is 2. The highest BCUT2D eigenvalue weighted by Crippen LogP contribution is 2.61. The first-order valence-corrected chi connectivity index (χ1v) is 9.44. The Balaban J connectivity index is 1.19. The fraction of sp³-hybridized carbons (Fsp3) is 0.600. The van der Waals surface area contributed by atoms with Gasteiger partial charge < -0.3 is 15.3 Å². The fourth-order valence-corrected chi connectivity index (χ4v) is 5.87. The number of carboxylic acid groups (broad SMARTS) is 1. The normalized spacial score (nSPS) is 37.4. The van der Waals surface area contributed by atoms with Crippen molar-refractivity contribution in [3.8, 4) is 0 Å². The first-order valence-electron chi connectivity index (χ1n) is 9.44. The molecule has 0 radical (unpaired) electrons. The largest absolute Gasteiger partial charge is 0.481 e. The van der Waals surface area contributed by atoms with Crippen molar-refractivity contribution in [3.63, 3.8) is 0 Å². The van der Waals surface area contributed by atoms with Gasteiger partial charge in [-0.05, 0) is 54.1 Å². The van der Waals surface area contributed by atoms with Gasteiger partial charge in [-0.3, -0.25) is 4.79 Å². The average molecular weight is 340 g/mol. The van der Waals surface area contributed by atoms with Crippen molar-refractivity contribution >= 4 is 12.0 Å². The van der Waals surface area contributed by atoms with Gasteiger partial charge in [-0.25, -0.2) is 4.79 Å². The molecule has 1 aliphatic heterocycles. The Morgan fingerprint density at radius 1 is 1.32 bits per heavy atom. The SMILES string of the molecule is O=C(NCC1C2Cc3ccccc3C12)N1C[C@@H]2CCC[C@@]2(C(=O)O)C1. The Morgan fingerprint density at radius 3 is 2.96 bits per heavy atom. The van der Waals surface area contributed by atoms with E-state index < -0.39 is 11.4 Å². The van der Waals surface area contributed by atoms with E-state index in [2.05, 4.69) is 29.6 Å². The fourth-order valence-electron chi connectivity index (χ4n) is 5.87. The van der Waals surface area contributed by atoms with Gasteiger partial charge in [0.1, 0.15) is 0 Å². The molecule has 5 atom stereocenters. The maximum absolute atomic E-state index is 12.6. The number of hydrogen-bond donors (Lipinski definition) is 2. The molecule has 1 aromatic rings. The van der Waals surface area contributed by atoms with Crippen molar-refractivity contribution in [2.24, 2.45) is 23.2 Å². The lowest BCUT2D eigenvalue weighted by Gasteiger charge is -2.23.